The molecule has 0 N–H and O–H groups in total. The molecule has 0 atom stereocenters. The molecular formula is C17H27I2NO2S. The zero-order valence-electron chi connectivity index (χ0n) is 14.6. The van der Waals surface area contributed by atoms with Crippen molar-refractivity contribution < 1.29 is 8.42 Å². The van der Waals surface area contributed by atoms with Crippen molar-refractivity contribution in [2.45, 2.75) is 39.5 Å². The van der Waals surface area contributed by atoms with Gasteiger partial charge in [-0.2, -0.15) is 4.31 Å². The van der Waals surface area contributed by atoms with Gasteiger partial charge in [0, 0.05) is 21.9 Å². The quantitative estimate of drug-likeness (QED) is 0.386. The molecule has 0 spiro atoms. The standard InChI is InChI=1S/C12H17NO2S.C5H10I2/c1-10-4-6-11(7-5-10)16(14,15)13-8-12(2,3)9-13;1-5(2,3-6)4-7/h4-7H,8-9H2,1-3H3;3-4H2,1-2H3. The molecule has 0 unspecified atom stereocenters. The first-order chi connectivity index (χ1) is 10.4. The lowest BCUT2D eigenvalue weighted by atomic mass is 9.87. The molecular weight excluding hydrogens is 536 g/mol. The number of aryl methyl sites for hydroxylation is 1. The highest BCUT2D eigenvalue weighted by molar-refractivity contribution is 14.1. The van der Waals surface area contributed by atoms with E-state index in [1.165, 1.54) is 13.2 Å². The Morgan fingerprint density at radius 1 is 1.09 bits per heavy atom. The van der Waals surface area contributed by atoms with Crippen molar-refractivity contribution in [3.05, 3.63) is 29.8 Å². The van der Waals surface area contributed by atoms with Crippen LogP contribution in [-0.2, 0) is 10.0 Å². The molecule has 1 aliphatic heterocycles. The first-order valence-corrected chi connectivity index (χ1v) is 12.1. The number of hydrogen-bond acceptors (Lipinski definition) is 2. The first kappa shape index (κ1) is 21.6. The van der Waals surface area contributed by atoms with Gasteiger partial charge >= 0.3 is 0 Å². The molecule has 23 heavy (non-hydrogen) atoms. The second kappa shape index (κ2) is 8.31. The van der Waals surface area contributed by atoms with Crippen molar-refractivity contribution in [3.8, 4) is 0 Å². The summed E-state index contributed by atoms with van der Waals surface area (Å²) < 4.78 is 28.3. The van der Waals surface area contributed by atoms with Gasteiger partial charge in [-0.1, -0.05) is 90.6 Å². The predicted octanol–water partition coefficient (Wildman–Crippen LogP) is 4.91. The highest BCUT2D eigenvalue weighted by Crippen LogP contribution is 2.33. The van der Waals surface area contributed by atoms with Crippen LogP contribution < -0.4 is 0 Å². The van der Waals surface area contributed by atoms with Crippen molar-refractivity contribution in [1.82, 2.24) is 4.31 Å². The highest BCUT2D eigenvalue weighted by Gasteiger charge is 2.41. The summed E-state index contributed by atoms with van der Waals surface area (Å²) >= 11 is 4.85. The number of sulfonamides is 1. The second-order valence-corrected chi connectivity index (χ2v) is 11.1. The van der Waals surface area contributed by atoms with E-state index in [4.69, 9.17) is 0 Å². The maximum Gasteiger partial charge on any atom is 0.243 e. The molecule has 6 heteroatoms. The minimum absolute atomic E-state index is 0.123. The van der Waals surface area contributed by atoms with Crippen molar-refractivity contribution in [1.29, 1.82) is 0 Å². The van der Waals surface area contributed by atoms with Crippen LogP contribution in [0.3, 0.4) is 0 Å². The van der Waals surface area contributed by atoms with Gasteiger partial charge in [-0.3, -0.25) is 0 Å². The molecule has 1 saturated heterocycles. The Bertz CT molecular complexity index is 596. The second-order valence-electron chi connectivity index (χ2n) is 7.68. The van der Waals surface area contributed by atoms with Gasteiger partial charge in [-0.15, -0.1) is 0 Å². The predicted molar refractivity (Wildman–Crippen MR) is 115 cm³/mol. The van der Waals surface area contributed by atoms with Crippen molar-refractivity contribution in [2.24, 2.45) is 10.8 Å². The number of benzene rings is 1. The Morgan fingerprint density at radius 3 is 1.83 bits per heavy atom. The highest BCUT2D eigenvalue weighted by atomic mass is 127. The fraction of sp³-hybridized carbons (Fsp3) is 0.647. The van der Waals surface area contributed by atoms with E-state index in [9.17, 15) is 8.42 Å². The van der Waals surface area contributed by atoms with Crippen LogP contribution in [0.4, 0.5) is 0 Å². The minimum atomic E-state index is -3.26. The van der Waals surface area contributed by atoms with Crippen LogP contribution in [0.1, 0.15) is 33.3 Å². The molecule has 0 bridgehead atoms. The molecule has 1 aliphatic rings. The van der Waals surface area contributed by atoms with E-state index in [2.05, 4.69) is 72.9 Å². The molecule has 0 radical (unpaired) electrons. The molecule has 1 fully saturated rings. The van der Waals surface area contributed by atoms with Gasteiger partial charge in [0.2, 0.25) is 10.0 Å². The van der Waals surface area contributed by atoms with Crippen LogP contribution in [0.25, 0.3) is 0 Å². The third-order valence-corrected chi connectivity index (χ3v) is 9.53. The van der Waals surface area contributed by atoms with Crippen molar-refractivity contribution >= 4 is 55.2 Å². The molecule has 0 amide bonds. The third-order valence-electron chi connectivity index (χ3n) is 3.59. The van der Waals surface area contributed by atoms with Crippen LogP contribution in [0.5, 0.6) is 0 Å². The maximum absolute atomic E-state index is 12.1. The summed E-state index contributed by atoms with van der Waals surface area (Å²) in [6.45, 7) is 11.9. The van der Waals surface area contributed by atoms with E-state index in [1.54, 1.807) is 12.1 Å². The fourth-order valence-corrected chi connectivity index (χ4v) is 5.36. The molecule has 0 aromatic heterocycles. The Kier molecular flexibility index (Phi) is 7.82. The average Bonchev–Trinajstić information content (AvgIpc) is 2.46. The van der Waals surface area contributed by atoms with Gasteiger partial charge in [-0.25, -0.2) is 8.42 Å². The first-order valence-electron chi connectivity index (χ1n) is 7.62. The number of alkyl halides is 2. The van der Waals surface area contributed by atoms with E-state index in [-0.39, 0.29) is 5.41 Å². The lowest BCUT2D eigenvalue weighted by molar-refractivity contribution is 0.111. The topological polar surface area (TPSA) is 37.4 Å². The Labute approximate surface area is 168 Å². The van der Waals surface area contributed by atoms with Crippen molar-refractivity contribution in [2.75, 3.05) is 21.9 Å². The van der Waals surface area contributed by atoms with E-state index in [1.807, 2.05) is 19.1 Å². The van der Waals surface area contributed by atoms with E-state index in [0.717, 1.165) is 5.56 Å². The molecule has 1 heterocycles. The Hall–Kier alpha value is 0.590. The van der Waals surface area contributed by atoms with E-state index >= 15 is 0 Å². The average molecular weight is 563 g/mol. The molecule has 1 aromatic carbocycles. The summed E-state index contributed by atoms with van der Waals surface area (Å²) in [5.74, 6) is 0. The summed E-state index contributed by atoms with van der Waals surface area (Å²) in [4.78, 5) is 0.397. The van der Waals surface area contributed by atoms with E-state index in [0.29, 0.717) is 23.4 Å². The summed E-state index contributed by atoms with van der Waals surface area (Å²) in [5, 5.41) is 0. The summed E-state index contributed by atoms with van der Waals surface area (Å²) in [6, 6.07) is 7.02. The molecule has 2 rings (SSSR count). The van der Waals surface area contributed by atoms with E-state index < -0.39 is 10.0 Å². The zero-order valence-corrected chi connectivity index (χ0v) is 19.7. The largest absolute Gasteiger partial charge is 0.243 e. The van der Waals surface area contributed by atoms with Crippen LogP contribution >= 0.6 is 45.2 Å². The van der Waals surface area contributed by atoms with Crippen LogP contribution in [0.15, 0.2) is 29.2 Å². The monoisotopic (exact) mass is 563 g/mol. The fourth-order valence-electron chi connectivity index (χ4n) is 1.97. The molecule has 1 aromatic rings. The summed E-state index contributed by atoms with van der Waals surface area (Å²) in [6.07, 6.45) is 0. The van der Waals surface area contributed by atoms with Crippen LogP contribution in [0, 0.1) is 17.8 Å². The lowest BCUT2D eigenvalue weighted by Crippen LogP contribution is -2.55. The van der Waals surface area contributed by atoms with Gasteiger partial charge in [0.15, 0.2) is 0 Å². The Balaban J connectivity index is 0.000000322. The summed E-state index contributed by atoms with van der Waals surface area (Å²) in [7, 11) is -3.26. The van der Waals surface area contributed by atoms with Crippen LogP contribution in [-0.4, -0.2) is 34.7 Å². The zero-order chi connectivity index (χ0) is 17.9. The summed E-state index contributed by atoms with van der Waals surface area (Å²) in [5.41, 5.74) is 1.75. The molecule has 0 saturated carbocycles. The van der Waals surface area contributed by atoms with Gasteiger partial charge in [0.05, 0.1) is 4.90 Å². The van der Waals surface area contributed by atoms with Crippen LogP contribution in [0.2, 0.25) is 0 Å². The third kappa shape index (κ3) is 6.43. The molecule has 0 aliphatic carbocycles. The number of rotatable bonds is 4. The SMILES string of the molecule is CC(C)(CI)CI.Cc1ccc(S(=O)(=O)N2CC(C)(C)C2)cc1. The number of nitrogens with zero attached hydrogens (tertiary/aromatic N) is 1. The van der Waals surface area contributed by atoms with Gasteiger partial charge < -0.3 is 0 Å². The lowest BCUT2D eigenvalue weighted by Gasteiger charge is -2.44. The molecule has 132 valence electrons. The van der Waals surface area contributed by atoms with Gasteiger partial charge in [-0.05, 0) is 29.9 Å². The van der Waals surface area contributed by atoms with Gasteiger partial charge in [0.25, 0.3) is 0 Å². The number of halogens is 2. The number of hydrogen-bond donors (Lipinski definition) is 0. The normalized spacial score (nSPS) is 17.9. The minimum Gasteiger partial charge on any atom is -0.207 e. The smallest absolute Gasteiger partial charge is 0.207 e. The van der Waals surface area contributed by atoms with Crippen molar-refractivity contribution in [3.63, 3.8) is 0 Å². The Morgan fingerprint density at radius 2 is 1.52 bits per heavy atom. The molecule has 3 nitrogen and oxygen atoms in total. The maximum atomic E-state index is 12.1. The van der Waals surface area contributed by atoms with Gasteiger partial charge in [0.1, 0.15) is 0 Å².